The van der Waals surface area contributed by atoms with E-state index in [4.69, 9.17) is 19.0 Å². The molecule has 1 saturated carbocycles. The van der Waals surface area contributed by atoms with Crippen LogP contribution in [0.15, 0.2) is 35.0 Å². The third kappa shape index (κ3) is 7.38. The number of allylic oxidation sites excluding steroid dienone is 1. The fraction of sp³-hybridized carbons (Fsp3) is 0.639. The third-order valence-electron chi connectivity index (χ3n) is 9.62. The fourth-order valence-corrected chi connectivity index (χ4v) is 7.64. The summed E-state index contributed by atoms with van der Waals surface area (Å²) in [7, 11) is 0. The van der Waals surface area contributed by atoms with Gasteiger partial charge in [-0.25, -0.2) is 14.3 Å². The minimum absolute atomic E-state index is 0.00544. The number of oxime groups is 1. The highest BCUT2D eigenvalue weighted by atomic mass is 16.6. The summed E-state index contributed by atoms with van der Waals surface area (Å²) in [4.78, 5) is 32.5. The number of fused-ring (bicyclic) bond motifs is 2. The molecule has 2 aromatic rings. The van der Waals surface area contributed by atoms with Gasteiger partial charge in [0.1, 0.15) is 23.1 Å². The lowest BCUT2D eigenvalue weighted by Gasteiger charge is -2.56. The molecule has 0 spiro atoms. The van der Waals surface area contributed by atoms with Gasteiger partial charge in [-0.3, -0.25) is 0 Å². The lowest BCUT2D eigenvalue weighted by Crippen LogP contribution is -2.62. The van der Waals surface area contributed by atoms with Gasteiger partial charge >= 0.3 is 11.9 Å². The Hall–Kier alpha value is -4.01. The fourth-order valence-electron chi connectivity index (χ4n) is 7.64. The number of esters is 2. The Kier molecular flexibility index (Phi) is 11.5. The SMILES string of the molecule is CCOC(=O)c1nnn([C@H]2CC(=NOC(C)(C)C)C3=C[C@H](CCCCO)[C@@H](CCCCO)[C@@H]4c5cc(O)ccc5O[C@@]2(O)[C@H]34)c1C(=O)OCC. The molecule has 4 N–H and O–H groups in total. The molecule has 1 aromatic heterocycles. The van der Waals surface area contributed by atoms with Crippen LogP contribution in [0.5, 0.6) is 11.5 Å². The van der Waals surface area contributed by atoms with E-state index in [2.05, 4.69) is 21.5 Å². The molecule has 6 atom stereocenters. The minimum atomic E-state index is -2.06. The molecule has 50 heavy (non-hydrogen) atoms. The van der Waals surface area contributed by atoms with Gasteiger partial charge in [0.2, 0.25) is 11.5 Å². The van der Waals surface area contributed by atoms with E-state index < -0.39 is 41.2 Å². The van der Waals surface area contributed by atoms with Crippen LogP contribution < -0.4 is 4.74 Å². The standard InChI is InChI=1S/C36H50N4O10/c1-6-47-33(44)31-32(34(45)48-7-2)40(39-37-31)28-20-26(38-50-35(3,4)5)24-18-21(12-8-10-16-41)23(13-9-11-17-42)29-25-19-22(43)14-15-27(25)49-36(28,46)30(24)29/h14-15,18-19,21,23,28-30,41-43,46H,6-13,16-17,20H2,1-5H3/t21-,23+,28-,29+,30+,36+/m0/s1. The molecule has 1 aromatic carbocycles. The first-order chi connectivity index (χ1) is 23.9. The molecule has 2 aliphatic carbocycles. The first kappa shape index (κ1) is 37.3. The zero-order valence-electron chi connectivity index (χ0n) is 29.5. The molecule has 3 aliphatic rings. The second-order valence-corrected chi connectivity index (χ2v) is 14.1. The normalized spacial score (nSPS) is 26.4. The number of aromatic nitrogens is 3. The van der Waals surface area contributed by atoms with Gasteiger partial charge < -0.3 is 39.5 Å². The average Bonchev–Trinajstić information content (AvgIpc) is 3.50. The van der Waals surface area contributed by atoms with Gasteiger partial charge in [-0.2, -0.15) is 0 Å². The van der Waals surface area contributed by atoms with Gasteiger partial charge in [-0.05, 0) is 95.9 Å². The second kappa shape index (κ2) is 15.5. The molecular formula is C36H50N4O10. The third-order valence-corrected chi connectivity index (χ3v) is 9.62. The first-order valence-corrected chi connectivity index (χ1v) is 17.6. The number of benzene rings is 1. The molecule has 0 bridgehead atoms. The molecule has 1 aliphatic heterocycles. The molecule has 14 heteroatoms. The van der Waals surface area contributed by atoms with Crippen molar-refractivity contribution in [3.63, 3.8) is 0 Å². The number of carbonyl (C=O) groups is 2. The summed E-state index contributed by atoms with van der Waals surface area (Å²) in [6, 6.07) is 3.61. The van der Waals surface area contributed by atoms with Crippen LogP contribution in [-0.2, 0) is 14.3 Å². The molecule has 0 saturated heterocycles. The first-order valence-electron chi connectivity index (χ1n) is 17.6. The highest BCUT2D eigenvalue weighted by Gasteiger charge is 2.64. The maximum Gasteiger partial charge on any atom is 0.361 e. The van der Waals surface area contributed by atoms with E-state index in [0.717, 1.165) is 12.8 Å². The Labute approximate surface area is 292 Å². The zero-order chi connectivity index (χ0) is 36.2. The summed E-state index contributed by atoms with van der Waals surface area (Å²) in [5.74, 6) is -4.72. The van der Waals surface area contributed by atoms with Crippen LogP contribution in [0.3, 0.4) is 0 Å². The Morgan fingerprint density at radius 1 is 1.04 bits per heavy atom. The van der Waals surface area contributed by atoms with Gasteiger partial charge in [0.15, 0.2) is 5.69 Å². The molecule has 14 nitrogen and oxygen atoms in total. The van der Waals surface area contributed by atoms with Crippen LogP contribution >= 0.6 is 0 Å². The summed E-state index contributed by atoms with van der Waals surface area (Å²) in [5, 5.41) is 56.1. The van der Waals surface area contributed by atoms with Gasteiger partial charge in [-0.1, -0.05) is 29.3 Å². The van der Waals surface area contributed by atoms with Crippen molar-refractivity contribution in [2.75, 3.05) is 26.4 Å². The number of hydrogen-bond acceptors (Lipinski definition) is 13. The lowest BCUT2D eigenvalue weighted by molar-refractivity contribution is -0.225. The number of aliphatic hydroxyl groups excluding tert-OH is 2. The maximum atomic E-state index is 13.5. The van der Waals surface area contributed by atoms with Crippen LogP contribution in [0, 0.1) is 17.8 Å². The molecule has 0 radical (unpaired) electrons. The van der Waals surface area contributed by atoms with E-state index in [1.807, 2.05) is 20.8 Å². The van der Waals surface area contributed by atoms with Gasteiger partial charge in [-0.15, -0.1) is 5.10 Å². The van der Waals surface area contributed by atoms with Crippen molar-refractivity contribution < 1.29 is 49.1 Å². The molecule has 2 heterocycles. The van der Waals surface area contributed by atoms with Crippen molar-refractivity contribution in [3.05, 3.63) is 46.8 Å². The molecular weight excluding hydrogens is 648 g/mol. The second-order valence-electron chi connectivity index (χ2n) is 14.1. The minimum Gasteiger partial charge on any atom is -0.508 e. The topological polar surface area (TPSA) is 195 Å². The molecule has 0 amide bonds. The smallest absolute Gasteiger partial charge is 0.361 e. The number of unbranched alkanes of at least 4 members (excludes halogenated alkanes) is 2. The van der Waals surface area contributed by atoms with E-state index in [1.165, 1.54) is 10.7 Å². The van der Waals surface area contributed by atoms with Crippen LogP contribution in [0.1, 0.15) is 118 Å². The summed E-state index contributed by atoms with van der Waals surface area (Å²) >= 11 is 0. The van der Waals surface area contributed by atoms with Crippen molar-refractivity contribution in [3.8, 4) is 11.5 Å². The summed E-state index contributed by atoms with van der Waals surface area (Å²) in [5.41, 5.74) is 0.608. The number of aromatic hydroxyl groups is 1. The summed E-state index contributed by atoms with van der Waals surface area (Å²) < 4.78 is 18.3. The van der Waals surface area contributed by atoms with Crippen LogP contribution in [0.4, 0.5) is 0 Å². The van der Waals surface area contributed by atoms with Gasteiger partial charge in [0, 0.05) is 31.1 Å². The van der Waals surface area contributed by atoms with Crippen molar-refractivity contribution in [2.24, 2.45) is 22.9 Å². The number of hydrogen-bond donors (Lipinski definition) is 4. The predicted molar refractivity (Wildman–Crippen MR) is 181 cm³/mol. The number of ether oxygens (including phenoxy) is 3. The van der Waals surface area contributed by atoms with E-state index >= 15 is 0 Å². The summed E-state index contributed by atoms with van der Waals surface area (Å²) in [6.45, 7) is 9.00. The number of nitrogens with zero attached hydrogens (tertiary/aromatic N) is 4. The molecule has 274 valence electrons. The van der Waals surface area contributed by atoms with Gasteiger partial charge in [0.05, 0.1) is 24.8 Å². The molecule has 0 unspecified atom stereocenters. The van der Waals surface area contributed by atoms with Crippen molar-refractivity contribution in [1.82, 2.24) is 15.0 Å². The lowest BCUT2D eigenvalue weighted by atomic mass is 9.55. The van der Waals surface area contributed by atoms with Crippen molar-refractivity contribution in [2.45, 2.75) is 103 Å². The Morgan fingerprint density at radius 3 is 2.38 bits per heavy atom. The predicted octanol–water partition coefficient (Wildman–Crippen LogP) is 4.43. The van der Waals surface area contributed by atoms with Crippen LogP contribution in [0.2, 0.25) is 0 Å². The Bertz CT molecular complexity index is 1600. The van der Waals surface area contributed by atoms with Crippen LogP contribution in [-0.4, -0.2) is 90.9 Å². The Morgan fingerprint density at radius 2 is 1.72 bits per heavy atom. The monoisotopic (exact) mass is 698 g/mol. The van der Waals surface area contributed by atoms with E-state index in [-0.39, 0.29) is 61.8 Å². The average molecular weight is 699 g/mol. The zero-order valence-corrected chi connectivity index (χ0v) is 29.5. The highest BCUT2D eigenvalue weighted by molar-refractivity contribution is 6.03. The molecule has 5 rings (SSSR count). The maximum absolute atomic E-state index is 13.5. The number of aliphatic hydroxyl groups is 3. The largest absolute Gasteiger partial charge is 0.508 e. The van der Waals surface area contributed by atoms with Crippen LogP contribution in [0.25, 0.3) is 0 Å². The quantitative estimate of drug-likeness (QED) is 0.123. The number of phenolic OH excluding ortho intramolecular Hbond substituents is 1. The van der Waals surface area contributed by atoms with E-state index in [9.17, 15) is 30.0 Å². The number of rotatable bonds is 14. The van der Waals surface area contributed by atoms with Crippen molar-refractivity contribution in [1.29, 1.82) is 0 Å². The molecule has 1 fully saturated rings. The van der Waals surface area contributed by atoms with E-state index in [0.29, 0.717) is 48.3 Å². The van der Waals surface area contributed by atoms with Crippen molar-refractivity contribution >= 4 is 17.7 Å². The van der Waals surface area contributed by atoms with E-state index in [1.54, 1.807) is 26.0 Å². The number of carbonyl (C=O) groups excluding carboxylic acids is 2. The summed E-state index contributed by atoms with van der Waals surface area (Å²) in [6.07, 6.45) is 6.25. The van der Waals surface area contributed by atoms with Gasteiger partial charge in [0.25, 0.3) is 0 Å². The number of phenols is 1. The Balaban J connectivity index is 1.77. The highest BCUT2D eigenvalue weighted by Crippen LogP contribution is 2.62.